The van der Waals surface area contributed by atoms with Crippen LogP contribution in [-0.4, -0.2) is 40.8 Å². The highest BCUT2D eigenvalue weighted by Crippen LogP contribution is 2.23. The molecule has 8 nitrogen and oxygen atoms in total. The molecule has 0 spiro atoms. The van der Waals surface area contributed by atoms with Crippen molar-refractivity contribution in [3.63, 3.8) is 0 Å². The van der Waals surface area contributed by atoms with E-state index in [2.05, 4.69) is 10.3 Å². The third-order valence-corrected chi connectivity index (χ3v) is 6.00. The van der Waals surface area contributed by atoms with Gasteiger partial charge in [-0.25, -0.2) is 14.6 Å². The Morgan fingerprint density at radius 3 is 2.36 bits per heavy atom. The minimum atomic E-state index is -1.03. The van der Waals surface area contributed by atoms with Crippen molar-refractivity contribution in [2.75, 3.05) is 11.9 Å². The maximum absolute atomic E-state index is 12.5. The van der Waals surface area contributed by atoms with Crippen LogP contribution in [0, 0.1) is 6.92 Å². The van der Waals surface area contributed by atoms with Gasteiger partial charge in [0.2, 0.25) is 5.89 Å². The SMILES string of the molecule is Cc1oc(-c2ccccc2)nc1CCOc1ccc(CC(Nc2ccccc2C(=O)OC(C)C)C(=O)O)cc1. The smallest absolute Gasteiger partial charge is 0.340 e. The fraction of sp³-hybridized carbons (Fsp3) is 0.258. The number of carbonyl (C=O) groups excluding carboxylic acids is 1. The number of nitrogens with one attached hydrogen (secondary N) is 1. The first kappa shape index (κ1) is 27.4. The Bertz CT molecular complexity index is 1400. The highest BCUT2D eigenvalue weighted by Gasteiger charge is 2.22. The number of oxazole rings is 1. The average molecular weight is 529 g/mol. The summed E-state index contributed by atoms with van der Waals surface area (Å²) in [5, 5.41) is 12.8. The number of carboxylic acids is 1. The van der Waals surface area contributed by atoms with E-state index < -0.39 is 18.0 Å². The highest BCUT2D eigenvalue weighted by molar-refractivity contribution is 5.96. The molecule has 0 aliphatic carbocycles. The molecule has 0 fully saturated rings. The van der Waals surface area contributed by atoms with Gasteiger partial charge in [0, 0.05) is 24.1 Å². The van der Waals surface area contributed by atoms with E-state index in [4.69, 9.17) is 13.9 Å². The summed E-state index contributed by atoms with van der Waals surface area (Å²) in [6, 6.07) is 22.8. The molecule has 4 rings (SSSR count). The predicted molar refractivity (Wildman–Crippen MR) is 148 cm³/mol. The number of ether oxygens (including phenoxy) is 2. The summed E-state index contributed by atoms with van der Waals surface area (Å²) in [5.41, 5.74) is 3.28. The first-order chi connectivity index (χ1) is 18.8. The van der Waals surface area contributed by atoms with Crippen molar-refractivity contribution in [3.05, 3.63) is 101 Å². The van der Waals surface area contributed by atoms with Gasteiger partial charge in [-0.05, 0) is 62.7 Å². The first-order valence-electron chi connectivity index (χ1n) is 12.8. The largest absolute Gasteiger partial charge is 0.493 e. The Morgan fingerprint density at radius 2 is 1.67 bits per heavy atom. The van der Waals surface area contributed by atoms with Crippen LogP contribution in [0.15, 0.2) is 83.3 Å². The topological polar surface area (TPSA) is 111 Å². The zero-order chi connectivity index (χ0) is 27.8. The number of hydrogen-bond donors (Lipinski definition) is 2. The van der Waals surface area contributed by atoms with Gasteiger partial charge in [0.05, 0.1) is 24.0 Å². The normalized spacial score (nSPS) is 11.7. The van der Waals surface area contributed by atoms with Gasteiger partial charge >= 0.3 is 11.9 Å². The van der Waals surface area contributed by atoms with Gasteiger partial charge in [-0.3, -0.25) is 0 Å². The van der Waals surface area contributed by atoms with E-state index in [1.165, 1.54) is 0 Å². The number of esters is 1. The molecule has 3 aromatic carbocycles. The lowest BCUT2D eigenvalue weighted by Gasteiger charge is -2.19. The van der Waals surface area contributed by atoms with Crippen LogP contribution in [0.25, 0.3) is 11.5 Å². The van der Waals surface area contributed by atoms with Crippen LogP contribution in [0.5, 0.6) is 5.75 Å². The number of aryl methyl sites for hydroxylation is 1. The quantitative estimate of drug-likeness (QED) is 0.217. The van der Waals surface area contributed by atoms with Gasteiger partial charge < -0.3 is 24.3 Å². The van der Waals surface area contributed by atoms with Crippen molar-refractivity contribution < 1.29 is 28.6 Å². The Kier molecular flexibility index (Phi) is 8.99. The minimum absolute atomic E-state index is 0.212. The van der Waals surface area contributed by atoms with E-state index in [-0.39, 0.29) is 12.5 Å². The summed E-state index contributed by atoms with van der Waals surface area (Å²) in [4.78, 5) is 29.1. The number of nitrogens with zero attached hydrogens (tertiary/aromatic N) is 1. The lowest BCUT2D eigenvalue weighted by molar-refractivity contribution is -0.137. The van der Waals surface area contributed by atoms with Gasteiger partial charge in [-0.15, -0.1) is 0 Å². The average Bonchev–Trinajstić information content (AvgIpc) is 3.30. The van der Waals surface area contributed by atoms with Crippen LogP contribution >= 0.6 is 0 Å². The summed E-state index contributed by atoms with van der Waals surface area (Å²) in [6.45, 7) is 5.84. The van der Waals surface area contributed by atoms with Crippen molar-refractivity contribution in [3.8, 4) is 17.2 Å². The molecular formula is C31H32N2O6. The second kappa shape index (κ2) is 12.8. The fourth-order valence-corrected chi connectivity index (χ4v) is 4.04. The van der Waals surface area contributed by atoms with Gasteiger partial charge in [0.1, 0.15) is 17.6 Å². The van der Waals surface area contributed by atoms with Crippen LogP contribution in [0.3, 0.4) is 0 Å². The summed E-state index contributed by atoms with van der Waals surface area (Å²) >= 11 is 0. The van der Waals surface area contributed by atoms with Crippen LogP contribution in [0.2, 0.25) is 0 Å². The first-order valence-corrected chi connectivity index (χ1v) is 12.8. The molecule has 202 valence electrons. The number of aliphatic carboxylic acids is 1. The minimum Gasteiger partial charge on any atom is -0.493 e. The number of anilines is 1. The predicted octanol–water partition coefficient (Wildman–Crippen LogP) is 5.94. The number of para-hydroxylation sites is 1. The molecule has 0 amide bonds. The third kappa shape index (κ3) is 7.47. The third-order valence-electron chi connectivity index (χ3n) is 6.00. The van der Waals surface area contributed by atoms with E-state index in [1.54, 1.807) is 38.1 Å². The monoisotopic (exact) mass is 528 g/mol. The number of aromatic nitrogens is 1. The number of carbonyl (C=O) groups is 2. The number of hydrogen-bond acceptors (Lipinski definition) is 7. The van der Waals surface area contributed by atoms with Crippen LogP contribution < -0.4 is 10.1 Å². The second-order valence-electron chi connectivity index (χ2n) is 9.37. The van der Waals surface area contributed by atoms with E-state index in [9.17, 15) is 14.7 Å². The van der Waals surface area contributed by atoms with E-state index >= 15 is 0 Å². The number of carboxylic acid groups (broad SMARTS) is 1. The molecule has 4 aromatic rings. The van der Waals surface area contributed by atoms with Gasteiger partial charge in [0.15, 0.2) is 0 Å². The van der Waals surface area contributed by atoms with Gasteiger partial charge in [-0.2, -0.15) is 0 Å². The number of rotatable bonds is 12. The number of benzene rings is 3. The summed E-state index contributed by atoms with van der Waals surface area (Å²) in [7, 11) is 0. The van der Waals surface area contributed by atoms with E-state index in [0.29, 0.717) is 35.9 Å². The molecule has 2 N–H and O–H groups in total. The molecule has 0 saturated heterocycles. The molecule has 0 aliphatic heterocycles. The molecule has 0 aliphatic rings. The molecule has 8 heteroatoms. The fourth-order valence-electron chi connectivity index (χ4n) is 4.04. The molecular weight excluding hydrogens is 496 g/mol. The summed E-state index contributed by atoms with van der Waals surface area (Å²) in [5.74, 6) is 0.494. The second-order valence-corrected chi connectivity index (χ2v) is 9.37. The Hall–Kier alpha value is -4.59. The van der Waals surface area contributed by atoms with Crippen molar-refractivity contribution in [2.24, 2.45) is 0 Å². The van der Waals surface area contributed by atoms with Crippen LogP contribution in [0.1, 0.15) is 41.2 Å². The maximum atomic E-state index is 12.5. The van der Waals surface area contributed by atoms with Crippen LogP contribution in [-0.2, 0) is 22.4 Å². The van der Waals surface area contributed by atoms with Gasteiger partial charge in [-0.1, -0.05) is 42.5 Å². The zero-order valence-corrected chi connectivity index (χ0v) is 22.2. The molecule has 1 atom stereocenters. The maximum Gasteiger partial charge on any atom is 0.340 e. The van der Waals surface area contributed by atoms with Crippen LogP contribution in [0.4, 0.5) is 5.69 Å². The molecule has 0 bridgehead atoms. The summed E-state index contributed by atoms with van der Waals surface area (Å²) in [6.07, 6.45) is 0.519. The zero-order valence-electron chi connectivity index (χ0n) is 22.2. The van der Waals surface area contributed by atoms with Crippen molar-refractivity contribution in [1.82, 2.24) is 4.98 Å². The molecule has 0 saturated carbocycles. The molecule has 1 unspecified atom stereocenters. The lowest BCUT2D eigenvalue weighted by atomic mass is 10.0. The Labute approximate surface area is 227 Å². The Balaban J connectivity index is 1.34. The molecule has 0 radical (unpaired) electrons. The summed E-state index contributed by atoms with van der Waals surface area (Å²) < 4.78 is 17.0. The highest BCUT2D eigenvalue weighted by atomic mass is 16.5. The lowest BCUT2D eigenvalue weighted by Crippen LogP contribution is -2.32. The van der Waals surface area contributed by atoms with E-state index in [0.717, 1.165) is 22.6 Å². The van der Waals surface area contributed by atoms with Crippen molar-refractivity contribution in [1.29, 1.82) is 0 Å². The van der Waals surface area contributed by atoms with Crippen molar-refractivity contribution in [2.45, 2.75) is 45.8 Å². The van der Waals surface area contributed by atoms with Crippen molar-refractivity contribution >= 4 is 17.6 Å². The standard InChI is InChI=1S/C31H32N2O6/c1-20(2)38-31(36)25-11-7-8-12-27(25)32-28(30(34)35)19-22-13-15-24(16-14-22)37-18-17-26-21(3)39-29(33-26)23-9-5-4-6-10-23/h4-16,20,28,32H,17-19H2,1-3H3,(H,34,35). The van der Waals surface area contributed by atoms with E-state index in [1.807, 2.05) is 61.5 Å². The molecule has 1 heterocycles. The molecule has 39 heavy (non-hydrogen) atoms. The Morgan fingerprint density at radius 1 is 0.974 bits per heavy atom. The molecule has 1 aromatic heterocycles. The van der Waals surface area contributed by atoms with Gasteiger partial charge in [0.25, 0.3) is 0 Å².